The first-order valence-corrected chi connectivity index (χ1v) is 9.76. The number of sulfone groups is 1. The van der Waals surface area contributed by atoms with Gasteiger partial charge in [0.2, 0.25) is 0 Å². The first kappa shape index (κ1) is 18.7. The molecule has 10 heteroatoms. The summed E-state index contributed by atoms with van der Waals surface area (Å²) < 4.78 is 24.0. The smallest absolute Gasteiger partial charge is 0.270 e. The van der Waals surface area contributed by atoms with Gasteiger partial charge in [-0.1, -0.05) is 35.9 Å². The molecule has 138 valence electrons. The minimum atomic E-state index is -3.78. The van der Waals surface area contributed by atoms with E-state index in [1.807, 2.05) is 0 Å². The zero-order valence-corrected chi connectivity index (χ0v) is 15.4. The van der Waals surface area contributed by atoms with Crippen molar-refractivity contribution in [2.24, 2.45) is 10.2 Å². The minimum Gasteiger partial charge on any atom is -0.507 e. The summed E-state index contributed by atoms with van der Waals surface area (Å²) in [6, 6.07) is 11.4. The summed E-state index contributed by atoms with van der Waals surface area (Å²) in [5, 5.41) is 30.0. The predicted molar refractivity (Wildman–Crippen MR) is 101 cm³/mol. The number of halogens is 1. The Morgan fingerprint density at radius 3 is 2.37 bits per heavy atom. The van der Waals surface area contributed by atoms with E-state index in [9.17, 15) is 23.6 Å². The number of aromatic hydroxyl groups is 1. The van der Waals surface area contributed by atoms with Gasteiger partial charge >= 0.3 is 0 Å². The van der Waals surface area contributed by atoms with Gasteiger partial charge in [0.1, 0.15) is 22.0 Å². The molecular weight excluding hydrogens is 394 g/mol. The number of nitro benzene ring substituents is 1. The Morgan fingerprint density at radius 2 is 1.74 bits per heavy atom. The monoisotopic (exact) mass is 405 g/mol. The third-order valence-electron chi connectivity index (χ3n) is 3.76. The molecule has 8 nitrogen and oxygen atoms in total. The molecule has 27 heavy (non-hydrogen) atoms. The first-order chi connectivity index (χ1) is 12.7. The number of hydrogen-bond acceptors (Lipinski definition) is 7. The highest BCUT2D eigenvalue weighted by Gasteiger charge is 2.19. The summed E-state index contributed by atoms with van der Waals surface area (Å²) >= 11 is 6.15. The summed E-state index contributed by atoms with van der Waals surface area (Å²) in [4.78, 5) is 9.90. The number of phenolic OH excluding ortho intramolecular Hbond substituents is 1. The molecule has 0 radical (unpaired) electrons. The number of nitrogens with zero attached hydrogens (tertiary/aromatic N) is 3. The first-order valence-electron chi connectivity index (χ1n) is 7.49. The second kappa shape index (κ2) is 6.93. The van der Waals surface area contributed by atoms with Crippen LogP contribution in [0.25, 0.3) is 10.8 Å². The predicted octanol–water partition coefficient (Wildman–Crippen LogP) is 4.93. The molecule has 0 atom stereocenters. The fraction of sp³-hybridized carbons (Fsp3) is 0.0588. The average Bonchev–Trinajstić information content (AvgIpc) is 2.60. The van der Waals surface area contributed by atoms with Crippen molar-refractivity contribution in [1.82, 2.24) is 0 Å². The Morgan fingerprint density at radius 1 is 1.07 bits per heavy atom. The van der Waals surface area contributed by atoms with E-state index in [-0.39, 0.29) is 32.7 Å². The van der Waals surface area contributed by atoms with Crippen LogP contribution in [0.1, 0.15) is 0 Å². The molecule has 0 saturated carbocycles. The second-order valence-corrected chi connectivity index (χ2v) is 8.04. The van der Waals surface area contributed by atoms with E-state index >= 15 is 0 Å². The van der Waals surface area contributed by atoms with Crippen molar-refractivity contribution in [1.29, 1.82) is 0 Å². The fourth-order valence-electron chi connectivity index (χ4n) is 2.51. The zero-order chi connectivity index (χ0) is 19.8. The van der Waals surface area contributed by atoms with Crippen molar-refractivity contribution in [3.63, 3.8) is 0 Å². The van der Waals surface area contributed by atoms with Crippen LogP contribution < -0.4 is 0 Å². The molecule has 0 bridgehead atoms. The molecule has 0 aromatic heterocycles. The topological polar surface area (TPSA) is 122 Å². The maximum absolute atomic E-state index is 12.0. The molecule has 0 unspecified atom stereocenters. The largest absolute Gasteiger partial charge is 0.507 e. The van der Waals surface area contributed by atoms with Crippen molar-refractivity contribution in [2.75, 3.05) is 6.26 Å². The van der Waals surface area contributed by atoms with Crippen molar-refractivity contribution < 1.29 is 18.4 Å². The van der Waals surface area contributed by atoms with E-state index < -0.39 is 14.8 Å². The number of non-ortho nitro benzene ring substituents is 1. The number of azo groups is 1. The van der Waals surface area contributed by atoms with Gasteiger partial charge in [-0.05, 0) is 6.07 Å². The second-order valence-electron chi connectivity index (χ2n) is 5.65. The summed E-state index contributed by atoms with van der Waals surface area (Å²) in [6.07, 6.45) is 0.925. The number of phenols is 1. The molecule has 0 amide bonds. The lowest BCUT2D eigenvalue weighted by atomic mass is 10.1. The van der Waals surface area contributed by atoms with Crippen LogP contribution in [0.3, 0.4) is 0 Å². The van der Waals surface area contributed by atoms with Gasteiger partial charge in [-0.3, -0.25) is 10.1 Å². The lowest BCUT2D eigenvalue weighted by Gasteiger charge is -2.07. The average molecular weight is 406 g/mol. The maximum Gasteiger partial charge on any atom is 0.270 e. The van der Waals surface area contributed by atoms with Gasteiger partial charge in [0.05, 0.1) is 9.95 Å². The van der Waals surface area contributed by atoms with Gasteiger partial charge in [0, 0.05) is 35.2 Å². The summed E-state index contributed by atoms with van der Waals surface area (Å²) in [6.45, 7) is 0. The standard InChI is InChI=1S/C17H12ClN3O5S/c1-27(25,26)16-8-10(21(23)24)6-7-14(16)19-20-17-12-5-3-2-4-11(12)15(22)9-13(17)18/h2-9,22H,1H3. The molecule has 0 spiro atoms. The summed E-state index contributed by atoms with van der Waals surface area (Å²) in [7, 11) is -3.78. The van der Waals surface area contributed by atoms with E-state index in [0.29, 0.717) is 10.8 Å². The molecule has 0 saturated heterocycles. The zero-order valence-electron chi connectivity index (χ0n) is 13.8. The molecule has 0 aliphatic heterocycles. The lowest BCUT2D eigenvalue weighted by Crippen LogP contribution is -1.99. The van der Waals surface area contributed by atoms with Crippen LogP contribution in [-0.2, 0) is 9.84 Å². The Labute approximate surface area is 158 Å². The normalized spacial score (nSPS) is 11.9. The quantitative estimate of drug-likeness (QED) is 0.374. The summed E-state index contributed by atoms with van der Waals surface area (Å²) in [5.74, 6) is -0.0262. The Bertz CT molecular complexity index is 1210. The molecule has 3 aromatic rings. The molecule has 1 N–H and O–H groups in total. The van der Waals surface area contributed by atoms with Crippen LogP contribution in [0.15, 0.2) is 63.7 Å². The van der Waals surface area contributed by atoms with Gasteiger partial charge in [-0.15, -0.1) is 10.2 Å². The van der Waals surface area contributed by atoms with Gasteiger partial charge < -0.3 is 5.11 Å². The number of fused-ring (bicyclic) bond motifs is 1. The molecule has 3 aromatic carbocycles. The molecule has 0 heterocycles. The number of hydrogen-bond donors (Lipinski definition) is 1. The van der Waals surface area contributed by atoms with Gasteiger partial charge in [0.25, 0.3) is 5.69 Å². The number of benzene rings is 3. The highest BCUT2D eigenvalue weighted by Crippen LogP contribution is 2.40. The SMILES string of the molecule is CS(=O)(=O)c1cc([N+](=O)[O-])ccc1N=Nc1c(Cl)cc(O)c2ccccc12. The van der Waals surface area contributed by atoms with Crippen LogP contribution in [0.5, 0.6) is 5.75 Å². The highest BCUT2D eigenvalue weighted by atomic mass is 35.5. The van der Waals surface area contributed by atoms with Crippen molar-refractivity contribution in [3.05, 3.63) is 63.7 Å². The molecule has 0 aliphatic carbocycles. The van der Waals surface area contributed by atoms with E-state index in [0.717, 1.165) is 18.4 Å². The van der Waals surface area contributed by atoms with Crippen LogP contribution in [0, 0.1) is 10.1 Å². The van der Waals surface area contributed by atoms with Crippen LogP contribution in [0.4, 0.5) is 17.1 Å². The van der Waals surface area contributed by atoms with Crippen molar-refractivity contribution in [2.45, 2.75) is 4.90 Å². The summed E-state index contributed by atoms with van der Waals surface area (Å²) in [5.41, 5.74) is -0.193. The van der Waals surface area contributed by atoms with E-state index in [2.05, 4.69) is 10.2 Å². The van der Waals surface area contributed by atoms with Crippen LogP contribution >= 0.6 is 11.6 Å². The van der Waals surface area contributed by atoms with Gasteiger partial charge in [0.15, 0.2) is 9.84 Å². The molecular formula is C17H12ClN3O5S. The third-order valence-corrected chi connectivity index (χ3v) is 5.17. The fourth-order valence-corrected chi connectivity index (χ4v) is 3.58. The molecule has 3 rings (SSSR count). The lowest BCUT2D eigenvalue weighted by molar-refractivity contribution is -0.385. The number of rotatable bonds is 4. The third kappa shape index (κ3) is 3.74. The Hall–Kier alpha value is -3.04. The Balaban J connectivity index is 2.18. The molecule has 0 aliphatic rings. The minimum absolute atomic E-state index is 0.0262. The maximum atomic E-state index is 12.0. The van der Waals surface area contributed by atoms with Crippen molar-refractivity contribution >= 4 is 49.3 Å². The van der Waals surface area contributed by atoms with Crippen molar-refractivity contribution in [3.8, 4) is 5.75 Å². The Kier molecular flexibility index (Phi) is 4.81. The highest BCUT2D eigenvalue weighted by molar-refractivity contribution is 7.90. The van der Waals surface area contributed by atoms with Gasteiger partial charge in [-0.25, -0.2) is 8.42 Å². The van der Waals surface area contributed by atoms with Gasteiger partial charge in [-0.2, -0.15) is 0 Å². The van der Waals surface area contributed by atoms with Crippen LogP contribution in [-0.4, -0.2) is 24.7 Å². The van der Waals surface area contributed by atoms with E-state index in [1.165, 1.54) is 12.1 Å². The molecule has 0 fully saturated rings. The number of nitro groups is 1. The van der Waals surface area contributed by atoms with E-state index in [1.54, 1.807) is 24.3 Å². The van der Waals surface area contributed by atoms with Crippen LogP contribution in [0.2, 0.25) is 5.02 Å². The van der Waals surface area contributed by atoms with E-state index in [4.69, 9.17) is 11.6 Å².